The van der Waals surface area contributed by atoms with Gasteiger partial charge in [-0.1, -0.05) is 56.5 Å². The van der Waals surface area contributed by atoms with Crippen LogP contribution in [0.4, 0.5) is 0 Å². The number of H-pyrrole nitrogens is 1. The van der Waals surface area contributed by atoms with E-state index in [1.165, 1.54) is 31.2 Å². The number of carbonyl (C=O) groups excluding carboxylic acids is 1. The normalized spacial score (nSPS) is 10.7. The van der Waals surface area contributed by atoms with E-state index >= 15 is 0 Å². The molecule has 124 valence electrons. The Kier molecular flexibility index (Phi) is 6.45. The SMILES string of the molecule is CCCCCCc1c(C)[nH]c(C(=O)OCc2ccccc2)c1C. The van der Waals surface area contributed by atoms with Crippen LogP contribution in [0, 0.1) is 13.8 Å². The molecule has 0 atom stereocenters. The molecule has 0 spiro atoms. The van der Waals surface area contributed by atoms with Crippen molar-refractivity contribution in [3.8, 4) is 0 Å². The average molecular weight is 313 g/mol. The summed E-state index contributed by atoms with van der Waals surface area (Å²) in [6.45, 7) is 6.57. The molecule has 0 fully saturated rings. The number of nitrogens with one attached hydrogen (secondary N) is 1. The summed E-state index contributed by atoms with van der Waals surface area (Å²) in [6, 6.07) is 9.76. The summed E-state index contributed by atoms with van der Waals surface area (Å²) < 4.78 is 5.44. The minimum Gasteiger partial charge on any atom is -0.456 e. The topological polar surface area (TPSA) is 42.1 Å². The molecule has 1 aromatic carbocycles. The molecular formula is C20H27NO2. The van der Waals surface area contributed by atoms with E-state index in [2.05, 4.69) is 11.9 Å². The number of ether oxygens (including phenoxy) is 1. The summed E-state index contributed by atoms with van der Waals surface area (Å²) in [5, 5.41) is 0. The Hall–Kier alpha value is -2.03. The molecule has 3 heteroatoms. The standard InChI is InChI=1S/C20H27NO2/c1-4-5-6-10-13-18-15(2)19(21-16(18)3)20(22)23-14-17-11-8-7-9-12-17/h7-9,11-12,21H,4-6,10,13-14H2,1-3H3. The monoisotopic (exact) mass is 313 g/mol. The number of hydrogen-bond donors (Lipinski definition) is 1. The number of unbranched alkanes of at least 4 members (excludes halogenated alkanes) is 3. The molecule has 2 aromatic rings. The first-order chi connectivity index (χ1) is 11.1. The van der Waals surface area contributed by atoms with Crippen LogP contribution in [0.15, 0.2) is 30.3 Å². The Morgan fingerprint density at radius 3 is 2.52 bits per heavy atom. The first kappa shape index (κ1) is 17.3. The third-order valence-corrected chi connectivity index (χ3v) is 4.29. The lowest BCUT2D eigenvalue weighted by atomic mass is 10.0. The van der Waals surface area contributed by atoms with Gasteiger partial charge in [0, 0.05) is 5.69 Å². The highest BCUT2D eigenvalue weighted by Gasteiger charge is 2.18. The first-order valence-electron chi connectivity index (χ1n) is 8.52. The molecule has 0 amide bonds. The molecule has 0 saturated heterocycles. The summed E-state index contributed by atoms with van der Waals surface area (Å²) in [7, 11) is 0. The van der Waals surface area contributed by atoms with E-state index in [1.54, 1.807) is 0 Å². The summed E-state index contributed by atoms with van der Waals surface area (Å²) in [5.74, 6) is -0.269. The van der Waals surface area contributed by atoms with Crippen LogP contribution >= 0.6 is 0 Å². The van der Waals surface area contributed by atoms with E-state index in [1.807, 2.05) is 44.2 Å². The molecule has 1 heterocycles. The molecule has 1 aromatic heterocycles. The van der Waals surface area contributed by atoms with Crippen molar-refractivity contribution in [2.75, 3.05) is 0 Å². The predicted molar refractivity (Wildman–Crippen MR) is 93.7 cm³/mol. The molecule has 0 radical (unpaired) electrons. The summed E-state index contributed by atoms with van der Waals surface area (Å²) in [6.07, 6.45) is 5.96. The second-order valence-corrected chi connectivity index (χ2v) is 6.10. The molecule has 0 unspecified atom stereocenters. The van der Waals surface area contributed by atoms with Crippen molar-refractivity contribution in [2.24, 2.45) is 0 Å². The molecule has 0 saturated carbocycles. The fourth-order valence-corrected chi connectivity index (χ4v) is 2.89. The summed E-state index contributed by atoms with van der Waals surface area (Å²) in [4.78, 5) is 15.5. The van der Waals surface area contributed by atoms with Gasteiger partial charge >= 0.3 is 5.97 Å². The number of aromatic nitrogens is 1. The average Bonchev–Trinajstić information content (AvgIpc) is 2.85. The van der Waals surface area contributed by atoms with E-state index in [0.717, 1.165) is 23.2 Å². The lowest BCUT2D eigenvalue weighted by molar-refractivity contribution is 0.0465. The van der Waals surface area contributed by atoms with Crippen molar-refractivity contribution < 1.29 is 9.53 Å². The zero-order chi connectivity index (χ0) is 16.7. The Bertz CT molecular complexity index is 629. The maximum absolute atomic E-state index is 12.3. The Morgan fingerprint density at radius 2 is 1.83 bits per heavy atom. The number of rotatable bonds is 8. The molecular weight excluding hydrogens is 286 g/mol. The molecule has 3 nitrogen and oxygen atoms in total. The predicted octanol–water partition coefficient (Wildman–Crippen LogP) is 5.11. The second-order valence-electron chi connectivity index (χ2n) is 6.10. The van der Waals surface area contributed by atoms with E-state index in [-0.39, 0.29) is 5.97 Å². The van der Waals surface area contributed by atoms with Crippen molar-refractivity contribution in [1.29, 1.82) is 0 Å². The van der Waals surface area contributed by atoms with E-state index in [9.17, 15) is 4.79 Å². The van der Waals surface area contributed by atoms with E-state index < -0.39 is 0 Å². The van der Waals surface area contributed by atoms with Crippen molar-refractivity contribution in [1.82, 2.24) is 4.98 Å². The van der Waals surface area contributed by atoms with Gasteiger partial charge in [-0.2, -0.15) is 0 Å². The fourth-order valence-electron chi connectivity index (χ4n) is 2.89. The molecule has 0 aliphatic carbocycles. The van der Waals surface area contributed by atoms with Crippen LogP contribution in [0.5, 0.6) is 0 Å². The number of hydrogen-bond acceptors (Lipinski definition) is 2. The highest BCUT2D eigenvalue weighted by Crippen LogP contribution is 2.21. The maximum atomic E-state index is 12.3. The third kappa shape index (κ3) is 4.72. The lowest BCUT2D eigenvalue weighted by Gasteiger charge is -2.05. The van der Waals surface area contributed by atoms with Crippen LogP contribution in [-0.4, -0.2) is 11.0 Å². The van der Waals surface area contributed by atoms with Gasteiger partial charge in [-0.15, -0.1) is 0 Å². The zero-order valence-electron chi connectivity index (χ0n) is 14.4. The van der Waals surface area contributed by atoms with Crippen LogP contribution < -0.4 is 0 Å². The van der Waals surface area contributed by atoms with Gasteiger partial charge < -0.3 is 9.72 Å². The van der Waals surface area contributed by atoms with Crippen molar-refractivity contribution in [3.05, 3.63) is 58.4 Å². The minimum absolute atomic E-state index is 0.269. The van der Waals surface area contributed by atoms with Crippen LogP contribution in [0.3, 0.4) is 0 Å². The van der Waals surface area contributed by atoms with Crippen LogP contribution in [0.1, 0.15) is 65.5 Å². The summed E-state index contributed by atoms with van der Waals surface area (Å²) in [5.41, 5.74) is 5.00. The van der Waals surface area contributed by atoms with Gasteiger partial charge in [0.05, 0.1) is 0 Å². The fraction of sp³-hybridized carbons (Fsp3) is 0.450. The van der Waals surface area contributed by atoms with Crippen molar-refractivity contribution >= 4 is 5.97 Å². The number of aryl methyl sites for hydroxylation is 1. The quantitative estimate of drug-likeness (QED) is 0.543. The van der Waals surface area contributed by atoms with Gasteiger partial charge in [0.2, 0.25) is 0 Å². The van der Waals surface area contributed by atoms with Crippen LogP contribution in [-0.2, 0) is 17.8 Å². The van der Waals surface area contributed by atoms with Gasteiger partial charge in [-0.3, -0.25) is 0 Å². The lowest BCUT2D eigenvalue weighted by Crippen LogP contribution is -2.07. The number of aromatic amines is 1. The highest BCUT2D eigenvalue weighted by molar-refractivity contribution is 5.89. The maximum Gasteiger partial charge on any atom is 0.355 e. The zero-order valence-corrected chi connectivity index (χ0v) is 14.4. The summed E-state index contributed by atoms with van der Waals surface area (Å²) >= 11 is 0. The number of carbonyl (C=O) groups is 1. The molecule has 0 aliphatic heterocycles. The molecule has 2 rings (SSSR count). The Morgan fingerprint density at radius 1 is 1.09 bits per heavy atom. The highest BCUT2D eigenvalue weighted by atomic mass is 16.5. The number of esters is 1. The largest absolute Gasteiger partial charge is 0.456 e. The van der Waals surface area contributed by atoms with Gasteiger partial charge in [-0.05, 0) is 43.4 Å². The first-order valence-corrected chi connectivity index (χ1v) is 8.52. The molecule has 1 N–H and O–H groups in total. The third-order valence-electron chi connectivity index (χ3n) is 4.29. The van der Waals surface area contributed by atoms with Crippen LogP contribution in [0.25, 0.3) is 0 Å². The minimum atomic E-state index is -0.269. The molecule has 0 aliphatic rings. The van der Waals surface area contributed by atoms with Crippen molar-refractivity contribution in [2.45, 2.75) is 59.5 Å². The van der Waals surface area contributed by atoms with Gasteiger partial charge in [-0.25, -0.2) is 4.79 Å². The number of benzene rings is 1. The molecule has 23 heavy (non-hydrogen) atoms. The van der Waals surface area contributed by atoms with Gasteiger partial charge in [0.25, 0.3) is 0 Å². The van der Waals surface area contributed by atoms with Gasteiger partial charge in [0.15, 0.2) is 0 Å². The smallest absolute Gasteiger partial charge is 0.355 e. The second kappa shape index (κ2) is 8.56. The van der Waals surface area contributed by atoms with E-state index in [4.69, 9.17) is 4.74 Å². The van der Waals surface area contributed by atoms with Crippen molar-refractivity contribution in [3.63, 3.8) is 0 Å². The van der Waals surface area contributed by atoms with Crippen LogP contribution in [0.2, 0.25) is 0 Å². The Balaban J connectivity index is 1.97. The van der Waals surface area contributed by atoms with Gasteiger partial charge in [0.1, 0.15) is 12.3 Å². The molecule has 0 bridgehead atoms. The Labute approximate surface area is 139 Å². The van der Waals surface area contributed by atoms with E-state index in [0.29, 0.717) is 12.3 Å².